The Balaban J connectivity index is 2.08. The van der Waals surface area contributed by atoms with Gasteiger partial charge in [-0.2, -0.15) is 0 Å². The zero-order valence-corrected chi connectivity index (χ0v) is 13.1. The van der Waals surface area contributed by atoms with Crippen LogP contribution in [0.5, 0.6) is 5.75 Å². The van der Waals surface area contributed by atoms with Crippen LogP contribution < -0.4 is 10.1 Å². The van der Waals surface area contributed by atoms with E-state index >= 15 is 0 Å². The largest absolute Gasteiger partial charge is 0.494 e. The summed E-state index contributed by atoms with van der Waals surface area (Å²) in [4.78, 5) is 0. The Morgan fingerprint density at radius 3 is 2.80 bits per heavy atom. The molecular weight excluding hydrogens is 321 g/mol. The van der Waals surface area contributed by atoms with Crippen molar-refractivity contribution in [2.24, 2.45) is 0 Å². The molecule has 2 nitrogen and oxygen atoms in total. The molecule has 2 aromatic carbocycles. The summed E-state index contributed by atoms with van der Waals surface area (Å²) >= 11 is 3.20. The maximum absolute atomic E-state index is 13.4. The minimum absolute atomic E-state index is 0.244. The average Bonchev–Trinajstić information content (AvgIpc) is 2.42. The molecule has 0 fully saturated rings. The molecule has 106 valence electrons. The summed E-state index contributed by atoms with van der Waals surface area (Å²) in [5, 5.41) is 3.31. The summed E-state index contributed by atoms with van der Waals surface area (Å²) in [5.74, 6) is 0.621. The maximum Gasteiger partial charge on any atom is 0.137 e. The SMILES string of the molecule is CCOc1cccc(CNc2cc(Br)c(F)cc2C)c1. The molecule has 0 heterocycles. The van der Waals surface area contributed by atoms with Gasteiger partial charge < -0.3 is 10.1 Å². The number of hydrogen-bond donors (Lipinski definition) is 1. The molecule has 0 aromatic heterocycles. The number of benzene rings is 2. The zero-order valence-electron chi connectivity index (χ0n) is 11.5. The zero-order chi connectivity index (χ0) is 14.5. The Labute approximate surface area is 127 Å². The Bertz CT molecular complexity index is 601. The van der Waals surface area contributed by atoms with Gasteiger partial charge in [0.1, 0.15) is 11.6 Å². The van der Waals surface area contributed by atoms with Crippen molar-refractivity contribution in [3.05, 3.63) is 57.8 Å². The Morgan fingerprint density at radius 1 is 1.25 bits per heavy atom. The minimum atomic E-state index is -0.244. The van der Waals surface area contributed by atoms with Gasteiger partial charge in [0.05, 0.1) is 11.1 Å². The van der Waals surface area contributed by atoms with Gasteiger partial charge in [0, 0.05) is 12.2 Å². The third-order valence-corrected chi connectivity index (χ3v) is 3.57. The number of aryl methyl sites for hydroxylation is 1. The van der Waals surface area contributed by atoms with Crippen molar-refractivity contribution in [3.63, 3.8) is 0 Å². The lowest BCUT2D eigenvalue weighted by atomic mass is 10.1. The topological polar surface area (TPSA) is 21.3 Å². The molecule has 20 heavy (non-hydrogen) atoms. The Kier molecular flexibility index (Phi) is 5.01. The molecule has 0 aliphatic heterocycles. The van der Waals surface area contributed by atoms with Crippen molar-refractivity contribution >= 4 is 21.6 Å². The number of nitrogens with one attached hydrogen (secondary N) is 1. The molecule has 0 saturated carbocycles. The molecule has 4 heteroatoms. The monoisotopic (exact) mass is 337 g/mol. The second-order valence-corrected chi connectivity index (χ2v) is 5.37. The first-order valence-corrected chi connectivity index (χ1v) is 7.30. The van der Waals surface area contributed by atoms with Crippen LogP contribution in [-0.4, -0.2) is 6.61 Å². The van der Waals surface area contributed by atoms with E-state index in [1.807, 2.05) is 38.1 Å². The van der Waals surface area contributed by atoms with Gasteiger partial charge in [0.15, 0.2) is 0 Å². The molecule has 0 amide bonds. The fourth-order valence-electron chi connectivity index (χ4n) is 1.95. The predicted molar refractivity (Wildman–Crippen MR) is 83.8 cm³/mol. The van der Waals surface area contributed by atoms with E-state index in [4.69, 9.17) is 4.74 Å². The summed E-state index contributed by atoms with van der Waals surface area (Å²) in [7, 11) is 0. The number of rotatable bonds is 5. The first-order valence-electron chi connectivity index (χ1n) is 6.51. The highest BCUT2D eigenvalue weighted by molar-refractivity contribution is 9.10. The molecule has 2 rings (SSSR count). The van der Waals surface area contributed by atoms with Gasteiger partial charge in [0.25, 0.3) is 0 Å². The summed E-state index contributed by atoms with van der Waals surface area (Å²) in [5.41, 5.74) is 2.92. The highest BCUT2D eigenvalue weighted by Gasteiger charge is 2.05. The van der Waals surface area contributed by atoms with E-state index in [2.05, 4.69) is 21.2 Å². The van der Waals surface area contributed by atoms with Crippen molar-refractivity contribution in [1.29, 1.82) is 0 Å². The normalized spacial score (nSPS) is 10.4. The Hall–Kier alpha value is -1.55. The van der Waals surface area contributed by atoms with Gasteiger partial charge in [-0.3, -0.25) is 0 Å². The standard InChI is InChI=1S/C16H17BrFNO/c1-3-20-13-6-4-5-12(8-13)10-19-16-9-14(17)15(18)7-11(16)2/h4-9,19H,3,10H2,1-2H3. The van der Waals surface area contributed by atoms with E-state index in [1.165, 1.54) is 6.07 Å². The van der Waals surface area contributed by atoms with Gasteiger partial charge in [-0.05, 0) is 65.2 Å². The lowest BCUT2D eigenvalue weighted by Gasteiger charge is -2.11. The molecule has 0 bridgehead atoms. The lowest BCUT2D eigenvalue weighted by molar-refractivity contribution is 0.340. The highest BCUT2D eigenvalue weighted by Crippen LogP contribution is 2.25. The van der Waals surface area contributed by atoms with Crippen molar-refractivity contribution in [1.82, 2.24) is 0 Å². The molecule has 0 aliphatic carbocycles. The van der Waals surface area contributed by atoms with E-state index in [0.29, 0.717) is 17.6 Å². The third kappa shape index (κ3) is 3.73. The predicted octanol–water partition coefficient (Wildman–Crippen LogP) is 4.91. The molecule has 0 radical (unpaired) electrons. The van der Waals surface area contributed by atoms with Gasteiger partial charge in [0.2, 0.25) is 0 Å². The van der Waals surface area contributed by atoms with Crippen molar-refractivity contribution in [3.8, 4) is 5.75 Å². The number of ether oxygens (including phenoxy) is 1. The van der Waals surface area contributed by atoms with E-state index in [0.717, 1.165) is 22.6 Å². The molecule has 0 aliphatic rings. The smallest absolute Gasteiger partial charge is 0.137 e. The fourth-order valence-corrected chi connectivity index (χ4v) is 2.29. The molecule has 0 spiro atoms. The summed E-state index contributed by atoms with van der Waals surface area (Å²) in [6.07, 6.45) is 0. The van der Waals surface area contributed by atoms with Crippen LogP contribution in [0.1, 0.15) is 18.1 Å². The van der Waals surface area contributed by atoms with Crippen LogP contribution in [0.2, 0.25) is 0 Å². The molecule has 1 N–H and O–H groups in total. The fraction of sp³-hybridized carbons (Fsp3) is 0.250. The van der Waals surface area contributed by atoms with Gasteiger partial charge in [-0.1, -0.05) is 12.1 Å². The van der Waals surface area contributed by atoms with E-state index in [-0.39, 0.29) is 5.82 Å². The van der Waals surface area contributed by atoms with Crippen LogP contribution in [0.3, 0.4) is 0 Å². The molecule has 0 atom stereocenters. The summed E-state index contributed by atoms with van der Waals surface area (Å²) in [6, 6.07) is 11.2. The molecule has 2 aromatic rings. The average molecular weight is 338 g/mol. The van der Waals surface area contributed by atoms with Gasteiger partial charge in [-0.15, -0.1) is 0 Å². The Morgan fingerprint density at radius 2 is 2.05 bits per heavy atom. The second-order valence-electron chi connectivity index (χ2n) is 4.52. The first-order chi connectivity index (χ1) is 9.60. The van der Waals surface area contributed by atoms with Crippen LogP contribution in [0.15, 0.2) is 40.9 Å². The second kappa shape index (κ2) is 6.75. The quantitative estimate of drug-likeness (QED) is 0.837. The van der Waals surface area contributed by atoms with Crippen molar-refractivity contribution in [2.45, 2.75) is 20.4 Å². The highest BCUT2D eigenvalue weighted by atomic mass is 79.9. The van der Waals surface area contributed by atoms with E-state index in [9.17, 15) is 4.39 Å². The van der Waals surface area contributed by atoms with Crippen LogP contribution in [0.25, 0.3) is 0 Å². The van der Waals surface area contributed by atoms with E-state index in [1.54, 1.807) is 6.07 Å². The van der Waals surface area contributed by atoms with Gasteiger partial charge >= 0.3 is 0 Å². The lowest BCUT2D eigenvalue weighted by Crippen LogP contribution is -2.02. The molecule has 0 unspecified atom stereocenters. The first kappa shape index (κ1) is 14.9. The number of anilines is 1. The number of halogens is 2. The van der Waals surface area contributed by atoms with Crippen LogP contribution in [-0.2, 0) is 6.54 Å². The number of hydrogen-bond acceptors (Lipinski definition) is 2. The van der Waals surface area contributed by atoms with Gasteiger partial charge in [-0.25, -0.2) is 4.39 Å². The summed E-state index contributed by atoms with van der Waals surface area (Å²) in [6.45, 7) is 5.17. The molecular formula is C16H17BrFNO. The third-order valence-electron chi connectivity index (χ3n) is 2.96. The van der Waals surface area contributed by atoms with Crippen molar-refractivity contribution < 1.29 is 9.13 Å². The minimum Gasteiger partial charge on any atom is -0.494 e. The van der Waals surface area contributed by atoms with E-state index < -0.39 is 0 Å². The summed E-state index contributed by atoms with van der Waals surface area (Å²) < 4.78 is 19.3. The van der Waals surface area contributed by atoms with Crippen LogP contribution in [0, 0.1) is 12.7 Å². The maximum atomic E-state index is 13.4. The van der Waals surface area contributed by atoms with Crippen LogP contribution >= 0.6 is 15.9 Å². The van der Waals surface area contributed by atoms with Crippen molar-refractivity contribution in [2.75, 3.05) is 11.9 Å². The molecule has 0 saturated heterocycles. The van der Waals surface area contributed by atoms with Crippen LogP contribution in [0.4, 0.5) is 10.1 Å².